The summed E-state index contributed by atoms with van der Waals surface area (Å²) in [5.74, 6) is -5.14. The van der Waals surface area contributed by atoms with E-state index >= 15 is 0 Å². The van der Waals surface area contributed by atoms with E-state index in [0.717, 1.165) is 55.9 Å². The second-order valence-electron chi connectivity index (χ2n) is 25.0. The number of anilines is 1. The van der Waals surface area contributed by atoms with Gasteiger partial charge in [0.2, 0.25) is 17.7 Å². The quantitative estimate of drug-likeness (QED) is 0.0241. The van der Waals surface area contributed by atoms with E-state index in [1.54, 1.807) is 84.3 Å². The van der Waals surface area contributed by atoms with Gasteiger partial charge in [-0.3, -0.25) is 38.8 Å². The Labute approximate surface area is 518 Å². The van der Waals surface area contributed by atoms with Crippen molar-refractivity contribution >= 4 is 47.4 Å². The van der Waals surface area contributed by atoms with Gasteiger partial charge in [-0.2, -0.15) is 0 Å². The average Bonchev–Trinajstić information content (AvgIpc) is 1.75. The van der Waals surface area contributed by atoms with Gasteiger partial charge in [0.1, 0.15) is 36.0 Å². The van der Waals surface area contributed by atoms with E-state index in [1.165, 1.54) is 0 Å². The second kappa shape index (κ2) is 27.4. The van der Waals surface area contributed by atoms with Crippen molar-refractivity contribution < 1.29 is 52.5 Å². The number of fused-ring (bicyclic) bond motifs is 7. The molecule has 10 rings (SSSR count). The number of amides is 4. The van der Waals surface area contributed by atoms with Crippen LogP contribution < -0.4 is 27.0 Å². The Morgan fingerprint density at radius 2 is 1.25 bits per heavy atom. The third-order valence-electron chi connectivity index (χ3n) is 16.0. The van der Waals surface area contributed by atoms with Gasteiger partial charge in [0, 0.05) is 54.6 Å². The summed E-state index contributed by atoms with van der Waals surface area (Å²) >= 11 is 0. The molecular formula is C70H76N8O11. The summed E-state index contributed by atoms with van der Waals surface area (Å²) in [6.45, 7) is 11.9. The van der Waals surface area contributed by atoms with Gasteiger partial charge in [-0.25, -0.2) is 9.59 Å². The fraction of sp³-hybridized carbons (Fsp3) is 0.357. The van der Waals surface area contributed by atoms with Crippen LogP contribution in [-0.2, 0) is 62.4 Å². The molecule has 0 spiro atoms. The molecule has 6 atom stereocenters. The minimum atomic E-state index is -1.54. The molecule has 3 aliphatic carbocycles. The predicted octanol–water partition coefficient (Wildman–Crippen LogP) is 9.25. The van der Waals surface area contributed by atoms with Crippen molar-refractivity contribution in [3.05, 3.63) is 208 Å². The maximum Gasteiger partial charge on any atom is 0.407 e. The first-order chi connectivity index (χ1) is 42.6. The third-order valence-corrected chi connectivity index (χ3v) is 16.0. The summed E-state index contributed by atoms with van der Waals surface area (Å²) in [6, 6.07) is 36.2. The molecule has 0 saturated carbocycles. The molecule has 3 heterocycles. The average molecular weight is 1210 g/mol. The summed E-state index contributed by atoms with van der Waals surface area (Å²) in [5, 5.41) is 11.4. The molecule has 0 fully saturated rings. The number of pyridine rings is 2. The molecule has 0 bridgehead atoms. The number of esters is 3. The number of nitrogens with one attached hydrogen (secondary N) is 4. The minimum absolute atomic E-state index is 0.0160. The van der Waals surface area contributed by atoms with Crippen molar-refractivity contribution in [1.29, 1.82) is 0 Å². The lowest BCUT2D eigenvalue weighted by molar-refractivity contribution is -0.157. The first-order valence-corrected chi connectivity index (χ1v) is 30.2. The highest BCUT2D eigenvalue weighted by Gasteiger charge is 2.46. The van der Waals surface area contributed by atoms with E-state index in [9.17, 15) is 33.6 Å². The van der Waals surface area contributed by atoms with E-state index in [1.807, 2.05) is 109 Å². The van der Waals surface area contributed by atoms with Crippen molar-refractivity contribution in [2.45, 2.75) is 140 Å². The Hall–Kier alpha value is -9.33. The number of alkyl carbamates (subject to hydrolysis) is 1. The van der Waals surface area contributed by atoms with Crippen molar-refractivity contribution in [3.63, 3.8) is 0 Å². The highest BCUT2D eigenvalue weighted by molar-refractivity contribution is 5.98. The second-order valence-corrected chi connectivity index (χ2v) is 25.0. The molecule has 2 aromatic heterocycles. The van der Waals surface area contributed by atoms with Crippen LogP contribution in [0.4, 0.5) is 10.5 Å². The van der Waals surface area contributed by atoms with Crippen molar-refractivity contribution in [3.8, 4) is 11.1 Å². The lowest BCUT2D eigenvalue weighted by Gasteiger charge is -2.40. The fourth-order valence-corrected chi connectivity index (χ4v) is 12.2. The number of allylic oxidation sites excluding steroid dienone is 1. The molecule has 0 saturated heterocycles. The van der Waals surface area contributed by atoms with Gasteiger partial charge in [-0.05, 0) is 167 Å². The molecule has 1 aliphatic heterocycles. The Morgan fingerprint density at radius 1 is 0.652 bits per heavy atom. The molecule has 0 radical (unpaired) electrons. The topological polar surface area (TPSA) is 260 Å². The van der Waals surface area contributed by atoms with Gasteiger partial charge >= 0.3 is 24.0 Å². The van der Waals surface area contributed by atoms with Crippen LogP contribution in [0, 0.1) is 5.92 Å². The van der Waals surface area contributed by atoms with E-state index < -0.39 is 95.4 Å². The number of ether oxygens (including phenoxy) is 4. The number of unbranched alkanes of at least 4 members (excludes halogenated alkanes) is 1. The maximum absolute atomic E-state index is 14.9. The summed E-state index contributed by atoms with van der Waals surface area (Å²) in [7, 11) is 0. The number of nitrogens with two attached hydrogens (primary N) is 1. The number of carbonyl (C=O) groups is 7. The van der Waals surface area contributed by atoms with Crippen LogP contribution in [0.25, 0.3) is 11.1 Å². The molecule has 19 heteroatoms. The highest BCUT2D eigenvalue weighted by atomic mass is 16.6. The van der Waals surface area contributed by atoms with Gasteiger partial charge in [0.25, 0.3) is 0 Å². The maximum atomic E-state index is 14.9. The fourth-order valence-electron chi connectivity index (χ4n) is 12.2. The molecule has 4 aliphatic rings. The zero-order valence-corrected chi connectivity index (χ0v) is 51.0. The summed E-state index contributed by atoms with van der Waals surface area (Å²) in [4.78, 5) is 109. The SMILES string of the molecule is CC(C)(C)OC(=O)C[C@H](NC(=O)[C@H](CCCCN(Cc1ccccn1)Cc1ccccn1)NC(=O)OCC1c2ccccc2-c2ccccc21)C(=O)NC1=CC2OC(=O)c3ccccc3C3c4ccc(NC(=O)[C@@H](N)CC(=O)OC(C)(C)C)cc4CC(=C1)C23. The van der Waals surface area contributed by atoms with Gasteiger partial charge in [0.15, 0.2) is 0 Å². The van der Waals surface area contributed by atoms with Crippen molar-refractivity contribution in [2.75, 3.05) is 18.5 Å². The lowest BCUT2D eigenvalue weighted by Crippen LogP contribution is -2.54. The molecule has 89 heavy (non-hydrogen) atoms. The lowest BCUT2D eigenvalue weighted by atomic mass is 9.65. The predicted molar refractivity (Wildman–Crippen MR) is 333 cm³/mol. The zero-order chi connectivity index (χ0) is 63.0. The Kier molecular flexibility index (Phi) is 19.3. The Morgan fingerprint density at radius 3 is 1.87 bits per heavy atom. The number of benzene rings is 4. The monoisotopic (exact) mass is 1200 g/mol. The van der Waals surface area contributed by atoms with Crippen LogP contribution >= 0.6 is 0 Å². The number of hydrogen-bond donors (Lipinski definition) is 5. The third kappa shape index (κ3) is 15.9. The van der Waals surface area contributed by atoms with E-state index in [0.29, 0.717) is 50.1 Å². The normalized spacial score (nSPS) is 17.4. The van der Waals surface area contributed by atoms with Crippen LogP contribution in [0.15, 0.2) is 163 Å². The zero-order valence-electron chi connectivity index (χ0n) is 51.0. The van der Waals surface area contributed by atoms with Crippen molar-refractivity contribution in [1.82, 2.24) is 30.8 Å². The number of nitrogens with zero attached hydrogens (tertiary/aromatic N) is 3. The molecule has 6 aromatic rings. The van der Waals surface area contributed by atoms with Gasteiger partial charge in [-0.1, -0.05) is 90.5 Å². The first-order valence-electron chi connectivity index (χ1n) is 30.2. The highest BCUT2D eigenvalue weighted by Crippen LogP contribution is 2.51. The standard InChI is InChI=1S/C70H76N8O11/c1-69(2,3)88-60(79)37-56(71)64(81)74-44-28-29-48-42(34-44)33-43-35-47(36-59-62(43)63(48)53-25-11-12-26-54(53)67(84)87-59)75-66(83)58(38-61(80)89-70(4,5)6)76-65(82)57(27-15-18-32-78(39-45-19-13-16-30-72-45)40-46-20-14-17-31-73-46)77-68(85)86-41-55-51-23-9-7-21-49(51)50-22-8-10-24-52(50)55/h7-14,16-17,19-26,28-31,34-36,55-59,62-63H,15,18,27,32-33,37-41,71H2,1-6H3,(H,74,81)(H,75,83)(H,76,82)(H,77,85)/t56-,57-,58-,59?,62?,63?/m0/s1. The van der Waals surface area contributed by atoms with Gasteiger partial charge < -0.3 is 45.9 Å². The smallest absolute Gasteiger partial charge is 0.407 e. The number of aromatic nitrogens is 2. The molecule has 3 unspecified atom stereocenters. The molecular weight excluding hydrogens is 1130 g/mol. The van der Waals surface area contributed by atoms with Crippen LogP contribution in [0.2, 0.25) is 0 Å². The van der Waals surface area contributed by atoms with Crippen LogP contribution in [0.1, 0.15) is 135 Å². The van der Waals surface area contributed by atoms with E-state index in [-0.39, 0.29) is 31.1 Å². The van der Waals surface area contributed by atoms with E-state index in [4.69, 9.17) is 24.7 Å². The Bertz CT molecular complexity index is 3600. The van der Waals surface area contributed by atoms with Crippen molar-refractivity contribution in [2.24, 2.45) is 11.7 Å². The van der Waals surface area contributed by atoms with Crippen LogP contribution in [0.3, 0.4) is 0 Å². The van der Waals surface area contributed by atoms with Gasteiger partial charge in [-0.15, -0.1) is 0 Å². The van der Waals surface area contributed by atoms with E-state index in [2.05, 4.69) is 36.1 Å². The van der Waals surface area contributed by atoms with Crippen LogP contribution in [-0.4, -0.2) is 105 Å². The molecule has 19 nitrogen and oxygen atoms in total. The summed E-state index contributed by atoms with van der Waals surface area (Å²) in [5.41, 5.74) is 14.6. The first kappa shape index (κ1) is 62.7. The molecule has 6 N–H and O–H groups in total. The molecule has 4 aromatic carbocycles. The summed E-state index contributed by atoms with van der Waals surface area (Å²) < 4.78 is 23.3. The molecule has 462 valence electrons. The number of carbonyl (C=O) groups excluding carboxylic acids is 7. The Balaban J connectivity index is 0.899. The minimum Gasteiger partial charge on any atom is -0.460 e. The number of hydrogen-bond acceptors (Lipinski definition) is 15. The summed E-state index contributed by atoms with van der Waals surface area (Å²) in [6.07, 6.45) is 5.76. The van der Waals surface area contributed by atoms with Crippen LogP contribution in [0.5, 0.6) is 0 Å². The number of rotatable bonds is 22. The van der Waals surface area contributed by atoms with Gasteiger partial charge in [0.05, 0.1) is 35.8 Å². The largest absolute Gasteiger partial charge is 0.460 e. The molecule has 4 amide bonds.